The number of para-hydroxylation sites is 3. The number of hydrogen-bond donors (Lipinski definition) is 0. The van der Waals surface area contributed by atoms with Crippen LogP contribution in [0.1, 0.15) is 22.3 Å². The number of fused-ring (bicyclic) bond motifs is 16. The Morgan fingerprint density at radius 2 is 1.04 bits per heavy atom. The van der Waals surface area contributed by atoms with E-state index < -0.39 is 5.41 Å². The van der Waals surface area contributed by atoms with Gasteiger partial charge in [-0.1, -0.05) is 103 Å². The zero-order chi connectivity index (χ0) is 30.0. The molecule has 3 nitrogen and oxygen atoms in total. The summed E-state index contributed by atoms with van der Waals surface area (Å²) in [6.45, 7) is 0. The summed E-state index contributed by atoms with van der Waals surface area (Å²) in [4.78, 5) is 0. The first-order chi connectivity index (χ1) is 22.8. The summed E-state index contributed by atoms with van der Waals surface area (Å²) in [7, 11) is 0. The highest BCUT2D eigenvalue weighted by Crippen LogP contribution is 2.66. The maximum Gasteiger partial charge on any atom is 0.178 e. The average Bonchev–Trinajstić information content (AvgIpc) is 3.74. The molecule has 3 aliphatic rings. The molecule has 0 fully saturated rings. The Kier molecular flexibility index (Phi) is 4.52. The molecule has 0 saturated heterocycles. The Morgan fingerprint density at radius 1 is 0.391 bits per heavy atom. The van der Waals surface area contributed by atoms with E-state index in [2.05, 4.69) is 109 Å². The molecule has 0 bridgehead atoms. The summed E-state index contributed by atoms with van der Waals surface area (Å²) in [6.07, 6.45) is 0. The van der Waals surface area contributed by atoms with Gasteiger partial charge in [-0.15, -0.1) is 0 Å². The van der Waals surface area contributed by atoms with E-state index in [-0.39, 0.29) is 0 Å². The van der Waals surface area contributed by atoms with Crippen molar-refractivity contribution >= 4 is 21.9 Å². The number of hydrogen-bond acceptors (Lipinski definition) is 3. The third-order valence-electron chi connectivity index (χ3n) is 10.2. The number of benzene rings is 7. The fourth-order valence-corrected chi connectivity index (χ4v) is 8.29. The van der Waals surface area contributed by atoms with E-state index in [9.17, 15) is 0 Å². The Bertz CT molecular complexity index is 2560. The summed E-state index contributed by atoms with van der Waals surface area (Å²) in [5, 5.41) is 2.26. The van der Waals surface area contributed by atoms with Crippen molar-refractivity contribution < 1.29 is 13.9 Å². The van der Waals surface area contributed by atoms with Gasteiger partial charge in [0, 0.05) is 16.3 Å². The van der Waals surface area contributed by atoms with Crippen molar-refractivity contribution in [1.29, 1.82) is 0 Å². The first kappa shape index (κ1) is 24.3. The molecule has 2 heterocycles. The molecule has 0 radical (unpaired) electrons. The normalized spacial score (nSPS) is 14.2. The highest BCUT2D eigenvalue weighted by atomic mass is 16.6. The smallest absolute Gasteiger partial charge is 0.178 e. The van der Waals surface area contributed by atoms with E-state index in [0.29, 0.717) is 0 Å². The lowest BCUT2D eigenvalue weighted by Gasteiger charge is -2.31. The molecule has 1 aromatic heterocycles. The van der Waals surface area contributed by atoms with Gasteiger partial charge < -0.3 is 13.9 Å². The molecule has 7 aromatic carbocycles. The highest BCUT2D eigenvalue weighted by Gasteiger charge is 2.53. The second-order valence-corrected chi connectivity index (χ2v) is 12.4. The maximum absolute atomic E-state index is 6.72. The van der Waals surface area contributed by atoms with Crippen LogP contribution in [0.4, 0.5) is 0 Å². The van der Waals surface area contributed by atoms with Crippen LogP contribution in [0.3, 0.4) is 0 Å². The van der Waals surface area contributed by atoms with Crippen molar-refractivity contribution in [3.8, 4) is 56.4 Å². The van der Waals surface area contributed by atoms with E-state index in [1.54, 1.807) is 0 Å². The fourth-order valence-electron chi connectivity index (χ4n) is 8.29. The molecule has 3 heteroatoms. The molecular formula is C43H24O3. The summed E-state index contributed by atoms with van der Waals surface area (Å²) < 4.78 is 19.3. The SMILES string of the molecule is c1ccc2c(c1)Oc1ccc3c(c1O2)-c1ccc(-c2ccc4oc5ccccc5c4c2)cc1C31c2ccccc2-c2ccccc21. The predicted molar refractivity (Wildman–Crippen MR) is 182 cm³/mol. The molecule has 8 aromatic rings. The highest BCUT2D eigenvalue weighted by molar-refractivity contribution is 6.06. The summed E-state index contributed by atoms with van der Waals surface area (Å²) >= 11 is 0. The fraction of sp³-hybridized carbons (Fsp3) is 0.0233. The van der Waals surface area contributed by atoms with E-state index in [1.807, 2.05) is 36.4 Å². The number of furan rings is 1. The van der Waals surface area contributed by atoms with Crippen LogP contribution in [0.2, 0.25) is 0 Å². The van der Waals surface area contributed by atoms with Gasteiger partial charge in [-0.25, -0.2) is 0 Å². The number of ether oxygens (including phenoxy) is 2. The van der Waals surface area contributed by atoms with Gasteiger partial charge >= 0.3 is 0 Å². The van der Waals surface area contributed by atoms with Crippen LogP contribution in [0, 0.1) is 0 Å². The van der Waals surface area contributed by atoms with Crippen LogP contribution in [-0.2, 0) is 5.41 Å². The van der Waals surface area contributed by atoms with Crippen molar-refractivity contribution in [3.05, 3.63) is 168 Å². The molecule has 0 saturated carbocycles. The minimum atomic E-state index is -0.504. The molecule has 0 N–H and O–H groups in total. The molecule has 2 aliphatic carbocycles. The number of rotatable bonds is 1. The lowest BCUT2D eigenvalue weighted by atomic mass is 9.70. The van der Waals surface area contributed by atoms with Gasteiger partial charge in [0.05, 0.1) is 5.41 Å². The second-order valence-electron chi connectivity index (χ2n) is 12.4. The van der Waals surface area contributed by atoms with Crippen LogP contribution in [-0.4, -0.2) is 0 Å². The molecule has 1 spiro atoms. The van der Waals surface area contributed by atoms with E-state index in [1.165, 1.54) is 38.9 Å². The van der Waals surface area contributed by atoms with Gasteiger partial charge in [0.2, 0.25) is 0 Å². The van der Waals surface area contributed by atoms with Crippen LogP contribution in [0.5, 0.6) is 23.0 Å². The van der Waals surface area contributed by atoms with E-state index in [4.69, 9.17) is 13.9 Å². The van der Waals surface area contributed by atoms with Gasteiger partial charge in [-0.3, -0.25) is 0 Å². The second kappa shape index (κ2) is 8.56. The quantitative estimate of drug-likeness (QED) is 0.191. The van der Waals surface area contributed by atoms with Crippen LogP contribution >= 0.6 is 0 Å². The molecule has 0 amide bonds. The van der Waals surface area contributed by atoms with E-state index in [0.717, 1.165) is 61.6 Å². The van der Waals surface area contributed by atoms with Gasteiger partial charge in [0.15, 0.2) is 23.0 Å². The van der Waals surface area contributed by atoms with Crippen molar-refractivity contribution in [3.63, 3.8) is 0 Å². The largest absolute Gasteiger partial charge is 0.456 e. The van der Waals surface area contributed by atoms with Gasteiger partial charge in [0.1, 0.15) is 11.2 Å². The van der Waals surface area contributed by atoms with Crippen molar-refractivity contribution in [2.75, 3.05) is 0 Å². The Balaban J connectivity index is 1.22. The average molecular weight is 589 g/mol. The van der Waals surface area contributed by atoms with Crippen molar-refractivity contribution in [2.24, 2.45) is 0 Å². The minimum absolute atomic E-state index is 0.504. The predicted octanol–water partition coefficient (Wildman–Crippen LogP) is 11.5. The molecule has 0 atom stereocenters. The first-order valence-electron chi connectivity index (χ1n) is 15.7. The Labute approximate surface area is 264 Å². The molecule has 1 aliphatic heterocycles. The topological polar surface area (TPSA) is 31.6 Å². The molecular weight excluding hydrogens is 564 g/mol. The van der Waals surface area contributed by atoms with Crippen molar-refractivity contribution in [2.45, 2.75) is 5.41 Å². The maximum atomic E-state index is 6.72. The molecule has 46 heavy (non-hydrogen) atoms. The zero-order valence-corrected chi connectivity index (χ0v) is 24.6. The standard InChI is InChI=1S/C43H24O3/c1-4-12-32-27(9-1)28-10-2-5-13-33(28)43(32)34-20-22-40-42(46-39-16-8-7-15-38(39)45-40)41(34)30-19-17-26(24-35(30)43)25-18-21-37-31(23-25)29-11-3-6-14-36(29)44-37/h1-24H. The summed E-state index contributed by atoms with van der Waals surface area (Å²) in [5.74, 6) is 2.98. The van der Waals surface area contributed by atoms with Gasteiger partial charge in [0.25, 0.3) is 0 Å². The van der Waals surface area contributed by atoms with E-state index >= 15 is 0 Å². The monoisotopic (exact) mass is 588 g/mol. The minimum Gasteiger partial charge on any atom is -0.456 e. The van der Waals surface area contributed by atoms with Crippen LogP contribution in [0.25, 0.3) is 55.3 Å². The lowest BCUT2D eigenvalue weighted by molar-refractivity contribution is 0.360. The summed E-state index contributed by atoms with van der Waals surface area (Å²) in [6, 6.07) is 51.7. The molecule has 11 rings (SSSR count). The Morgan fingerprint density at radius 3 is 1.87 bits per heavy atom. The van der Waals surface area contributed by atoms with Gasteiger partial charge in [-0.05, 0) is 92.5 Å². The van der Waals surface area contributed by atoms with Gasteiger partial charge in [-0.2, -0.15) is 0 Å². The zero-order valence-electron chi connectivity index (χ0n) is 24.6. The third kappa shape index (κ3) is 2.93. The lowest BCUT2D eigenvalue weighted by Crippen LogP contribution is -2.26. The first-order valence-corrected chi connectivity index (χ1v) is 15.7. The third-order valence-corrected chi connectivity index (χ3v) is 10.2. The van der Waals surface area contributed by atoms with Crippen LogP contribution in [0.15, 0.2) is 150 Å². The van der Waals surface area contributed by atoms with Crippen LogP contribution < -0.4 is 9.47 Å². The Hall–Kier alpha value is -6.06. The van der Waals surface area contributed by atoms with Crippen molar-refractivity contribution in [1.82, 2.24) is 0 Å². The summed E-state index contributed by atoms with van der Waals surface area (Å²) in [5.41, 5.74) is 13.5. The molecule has 0 unspecified atom stereocenters. The molecule has 214 valence electrons.